The Kier molecular flexibility index (Phi) is 3.68. The Morgan fingerprint density at radius 2 is 2.00 bits per heavy atom. The van der Waals surface area contributed by atoms with Crippen molar-refractivity contribution in [2.24, 2.45) is 0 Å². The zero-order valence-electron chi connectivity index (χ0n) is 11.5. The number of carbonyl (C=O) groups is 1. The lowest BCUT2D eigenvalue weighted by Gasteiger charge is -2.01. The lowest BCUT2D eigenvalue weighted by Crippen LogP contribution is -2.11. The molecule has 2 N–H and O–H groups in total. The number of hydrogen-bond acceptors (Lipinski definition) is 4. The third kappa shape index (κ3) is 2.94. The largest absolute Gasteiger partial charge is 0.392 e. The van der Waals surface area contributed by atoms with Crippen molar-refractivity contribution < 1.29 is 9.90 Å². The molecule has 0 aliphatic carbocycles. The fraction of sp³-hybridized carbons (Fsp3) is 0.125. The molecule has 1 aromatic heterocycles. The van der Waals surface area contributed by atoms with Gasteiger partial charge in [-0.1, -0.05) is 35.1 Å². The molecule has 0 spiro atoms. The Morgan fingerprint density at radius 1 is 1.24 bits per heavy atom. The van der Waals surface area contributed by atoms with Gasteiger partial charge in [0.25, 0.3) is 5.91 Å². The van der Waals surface area contributed by atoms with Gasteiger partial charge in [-0.2, -0.15) is 0 Å². The van der Waals surface area contributed by atoms with Crippen molar-refractivity contribution in [2.75, 3.05) is 5.32 Å². The third-order valence-electron chi connectivity index (χ3n) is 3.17. The Balaban J connectivity index is 1.84. The molecule has 0 radical (unpaired) electrons. The van der Waals surface area contributed by atoms with E-state index < -0.39 is 0 Å². The zero-order chi connectivity index (χ0) is 14.8. The van der Waals surface area contributed by atoms with E-state index in [9.17, 15) is 4.79 Å². The molecule has 3 rings (SSSR count). The number of thiazole rings is 1. The average molecular weight is 298 g/mol. The van der Waals surface area contributed by atoms with Gasteiger partial charge >= 0.3 is 0 Å². The second-order valence-corrected chi connectivity index (χ2v) is 5.83. The normalized spacial score (nSPS) is 10.8. The van der Waals surface area contributed by atoms with Crippen molar-refractivity contribution in [3.05, 3.63) is 59.2 Å². The molecule has 21 heavy (non-hydrogen) atoms. The van der Waals surface area contributed by atoms with E-state index in [1.54, 1.807) is 12.1 Å². The monoisotopic (exact) mass is 298 g/mol. The van der Waals surface area contributed by atoms with Crippen molar-refractivity contribution >= 4 is 32.6 Å². The summed E-state index contributed by atoms with van der Waals surface area (Å²) in [5.74, 6) is -0.170. The lowest BCUT2D eigenvalue weighted by atomic mass is 10.1. The van der Waals surface area contributed by atoms with E-state index in [-0.39, 0.29) is 12.5 Å². The van der Waals surface area contributed by atoms with Crippen molar-refractivity contribution in [1.29, 1.82) is 0 Å². The van der Waals surface area contributed by atoms with Gasteiger partial charge in [-0.15, -0.1) is 0 Å². The molecule has 4 nitrogen and oxygen atoms in total. The van der Waals surface area contributed by atoms with E-state index in [0.29, 0.717) is 10.7 Å². The number of nitrogens with one attached hydrogen (secondary N) is 1. The number of aliphatic hydroxyl groups excluding tert-OH is 1. The van der Waals surface area contributed by atoms with Crippen molar-refractivity contribution in [3.63, 3.8) is 0 Å². The smallest absolute Gasteiger partial charge is 0.257 e. The van der Waals surface area contributed by atoms with Crippen LogP contribution in [-0.2, 0) is 6.61 Å². The number of benzene rings is 2. The summed E-state index contributed by atoms with van der Waals surface area (Å²) in [6.07, 6.45) is 0. The highest BCUT2D eigenvalue weighted by Gasteiger charge is 2.10. The molecule has 0 fully saturated rings. The van der Waals surface area contributed by atoms with Crippen LogP contribution in [-0.4, -0.2) is 16.0 Å². The predicted molar refractivity (Wildman–Crippen MR) is 84.7 cm³/mol. The Bertz CT molecular complexity index is 794. The van der Waals surface area contributed by atoms with Gasteiger partial charge in [-0.3, -0.25) is 10.1 Å². The molecule has 3 aromatic rings. The SMILES string of the molecule is Cc1ccc(C(=O)Nc2nc3ccc(CO)cc3s2)cc1. The van der Waals surface area contributed by atoms with Crippen LogP contribution in [0.15, 0.2) is 42.5 Å². The first-order chi connectivity index (χ1) is 10.2. The van der Waals surface area contributed by atoms with Gasteiger partial charge in [-0.05, 0) is 36.8 Å². The van der Waals surface area contributed by atoms with E-state index in [0.717, 1.165) is 21.3 Å². The van der Waals surface area contributed by atoms with Crippen LogP contribution in [0, 0.1) is 6.92 Å². The van der Waals surface area contributed by atoms with E-state index in [1.165, 1.54) is 11.3 Å². The van der Waals surface area contributed by atoms with Gasteiger partial charge in [0.05, 0.1) is 16.8 Å². The molecule has 106 valence electrons. The first-order valence-electron chi connectivity index (χ1n) is 6.54. The highest BCUT2D eigenvalue weighted by atomic mass is 32.1. The number of anilines is 1. The highest BCUT2D eigenvalue weighted by Crippen LogP contribution is 2.27. The molecule has 0 bridgehead atoms. The molecular weight excluding hydrogens is 284 g/mol. The first kappa shape index (κ1) is 13.7. The second-order valence-electron chi connectivity index (χ2n) is 4.80. The van der Waals surface area contributed by atoms with E-state index in [2.05, 4.69) is 10.3 Å². The van der Waals surface area contributed by atoms with Crippen molar-refractivity contribution in [3.8, 4) is 0 Å². The number of amides is 1. The summed E-state index contributed by atoms with van der Waals surface area (Å²) < 4.78 is 0.945. The summed E-state index contributed by atoms with van der Waals surface area (Å²) in [5, 5.41) is 12.5. The molecule has 1 amide bonds. The Labute approximate surface area is 126 Å². The molecule has 0 aliphatic rings. The van der Waals surface area contributed by atoms with Gasteiger partial charge in [0.2, 0.25) is 0 Å². The number of aliphatic hydroxyl groups is 1. The maximum atomic E-state index is 12.1. The number of rotatable bonds is 3. The van der Waals surface area contributed by atoms with Gasteiger partial charge in [0.15, 0.2) is 5.13 Å². The van der Waals surface area contributed by atoms with Crippen LogP contribution in [0.4, 0.5) is 5.13 Å². The lowest BCUT2D eigenvalue weighted by molar-refractivity contribution is 0.102. The molecule has 0 unspecified atom stereocenters. The van der Waals surface area contributed by atoms with Crippen LogP contribution in [0.3, 0.4) is 0 Å². The number of fused-ring (bicyclic) bond motifs is 1. The summed E-state index contributed by atoms with van der Waals surface area (Å²) in [4.78, 5) is 16.5. The summed E-state index contributed by atoms with van der Waals surface area (Å²) in [7, 11) is 0. The van der Waals surface area contributed by atoms with Crippen molar-refractivity contribution in [2.45, 2.75) is 13.5 Å². The Morgan fingerprint density at radius 3 is 2.71 bits per heavy atom. The van der Waals surface area contributed by atoms with Crippen molar-refractivity contribution in [1.82, 2.24) is 4.98 Å². The summed E-state index contributed by atoms with van der Waals surface area (Å²) in [6, 6.07) is 13.0. The number of hydrogen-bond donors (Lipinski definition) is 2. The predicted octanol–water partition coefficient (Wildman–Crippen LogP) is 3.35. The fourth-order valence-corrected chi connectivity index (χ4v) is 2.92. The fourth-order valence-electron chi connectivity index (χ4n) is 2.00. The average Bonchev–Trinajstić information content (AvgIpc) is 2.88. The second kappa shape index (κ2) is 5.63. The van der Waals surface area contributed by atoms with E-state index >= 15 is 0 Å². The van der Waals surface area contributed by atoms with Crippen LogP contribution < -0.4 is 5.32 Å². The topological polar surface area (TPSA) is 62.2 Å². The quantitative estimate of drug-likeness (QED) is 0.779. The summed E-state index contributed by atoms with van der Waals surface area (Å²) in [5.41, 5.74) is 3.37. The zero-order valence-corrected chi connectivity index (χ0v) is 12.3. The molecule has 1 heterocycles. The minimum atomic E-state index is -0.170. The van der Waals surface area contributed by atoms with Crippen LogP contribution in [0.5, 0.6) is 0 Å². The molecule has 0 saturated heterocycles. The first-order valence-corrected chi connectivity index (χ1v) is 7.36. The molecule has 5 heteroatoms. The minimum Gasteiger partial charge on any atom is -0.392 e. The number of aromatic nitrogens is 1. The van der Waals surface area contributed by atoms with E-state index in [1.807, 2.05) is 37.3 Å². The van der Waals surface area contributed by atoms with Gasteiger partial charge < -0.3 is 5.11 Å². The van der Waals surface area contributed by atoms with Gasteiger partial charge in [-0.25, -0.2) is 4.98 Å². The third-order valence-corrected chi connectivity index (χ3v) is 4.10. The maximum absolute atomic E-state index is 12.1. The van der Waals surface area contributed by atoms with Crippen LogP contribution in [0.2, 0.25) is 0 Å². The minimum absolute atomic E-state index is 0.00109. The standard InChI is InChI=1S/C16H14N2O2S/c1-10-2-5-12(6-3-10)15(20)18-16-17-13-7-4-11(9-19)8-14(13)21-16/h2-8,19H,9H2,1H3,(H,17,18,20). The highest BCUT2D eigenvalue weighted by molar-refractivity contribution is 7.22. The maximum Gasteiger partial charge on any atom is 0.257 e. The Hall–Kier alpha value is -2.24. The van der Waals surface area contributed by atoms with Crippen LogP contribution in [0.1, 0.15) is 21.5 Å². The van der Waals surface area contributed by atoms with E-state index in [4.69, 9.17) is 5.11 Å². The summed E-state index contributed by atoms with van der Waals surface area (Å²) >= 11 is 1.40. The summed E-state index contributed by atoms with van der Waals surface area (Å²) in [6.45, 7) is 1.98. The number of nitrogens with zero attached hydrogens (tertiary/aromatic N) is 1. The molecular formula is C16H14N2O2S. The number of aryl methyl sites for hydroxylation is 1. The molecule has 2 aromatic carbocycles. The van der Waals surface area contributed by atoms with Crippen LogP contribution in [0.25, 0.3) is 10.2 Å². The van der Waals surface area contributed by atoms with Crippen LogP contribution >= 0.6 is 11.3 Å². The molecule has 0 saturated carbocycles. The van der Waals surface area contributed by atoms with Gasteiger partial charge in [0.1, 0.15) is 0 Å². The van der Waals surface area contributed by atoms with Gasteiger partial charge in [0, 0.05) is 5.56 Å². The molecule has 0 atom stereocenters. The molecule has 0 aliphatic heterocycles. The number of carbonyl (C=O) groups excluding carboxylic acids is 1.